The Labute approximate surface area is 120 Å². The Morgan fingerprint density at radius 2 is 1.95 bits per heavy atom. The summed E-state index contributed by atoms with van der Waals surface area (Å²) in [4.78, 5) is 25.0. The second-order valence-electron chi connectivity index (χ2n) is 5.03. The van der Waals surface area contributed by atoms with E-state index in [4.69, 9.17) is 0 Å². The second kappa shape index (κ2) is 8.32. The van der Waals surface area contributed by atoms with Gasteiger partial charge in [-0.2, -0.15) is 0 Å². The van der Waals surface area contributed by atoms with Crippen LogP contribution < -0.4 is 10.6 Å². The van der Waals surface area contributed by atoms with Gasteiger partial charge in [-0.1, -0.05) is 6.07 Å². The second-order valence-corrected chi connectivity index (χ2v) is 5.03. The van der Waals surface area contributed by atoms with Crippen LogP contribution in [-0.2, 0) is 4.79 Å². The van der Waals surface area contributed by atoms with Gasteiger partial charge in [-0.15, -0.1) is 0 Å². The van der Waals surface area contributed by atoms with E-state index in [2.05, 4.69) is 15.5 Å². The van der Waals surface area contributed by atoms with Gasteiger partial charge < -0.3 is 15.5 Å². The first-order chi connectivity index (χ1) is 9.49. The molecule has 0 radical (unpaired) electrons. The fraction of sp³-hybridized carbons (Fsp3) is 0.467. The molecule has 0 aliphatic heterocycles. The van der Waals surface area contributed by atoms with Crippen LogP contribution in [0.1, 0.15) is 30.1 Å². The van der Waals surface area contributed by atoms with E-state index in [-0.39, 0.29) is 11.8 Å². The summed E-state index contributed by atoms with van der Waals surface area (Å²) in [6.07, 6.45) is 2.01. The third kappa shape index (κ3) is 6.33. The first-order valence-electron chi connectivity index (χ1n) is 6.79. The average molecular weight is 277 g/mol. The van der Waals surface area contributed by atoms with Crippen molar-refractivity contribution in [3.05, 3.63) is 29.8 Å². The Hall–Kier alpha value is -1.88. The molecule has 1 aromatic rings. The molecule has 2 amide bonds. The zero-order chi connectivity index (χ0) is 15.0. The van der Waals surface area contributed by atoms with E-state index in [0.717, 1.165) is 19.4 Å². The number of anilines is 1. The van der Waals surface area contributed by atoms with Crippen LogP contribution in [0.4, 0.5) is 5.69 Å². The molecular weight excluding hydrogens is 254 g/mol. The van der Waals surface area contributed by atoms with Crippen molar-refractivity contribution < 1.29 is 9.59 Å². The van der Waals surface area contributed by atoms with Crippen molar-refractivity contribution in [2.75, 3.05) is 32.5 Å². The number of nitrogens with zero attached hydrogens (tertiary/aromatic N) is 1. The van der Waals surface area contributed by atoms with Crippen molar-refractivity contribution in [1.29, 1.82) is 0 Å². The topological polar surface area (TPSA) is 61.4 Å². The van der Waals surface area contributed by atoms with E-state index in [1.807, 2.05) is 14.1 Å². The molecule has 20 heavy (non-hydrogen) atoms. The Morgan fingerprint density at radius 3 is 2.60 bits per heavy atom. The number of benzene rings is 1. The molecule has 0 heterocycles. The molecular formula is C15H23N3O2. The summed E-state index contributed by atoms with van der Waals surface area (Å²) in [5.41, 5.74) is 1.20. The maximum Gasteiger partial charge on any atom is 0.251 e. The molecule has 0 saturated carbocycles. The number of hydrogen-bond donors (Lipinski definition) is 2. The van der Waals surface area contributed by atoms with E-state index in [1.165, 1.54) is 6.92 Å². The van der Waals surface area contributed by atoms with Gasteiger partial charge in [0, 0.05) is 24.7 Å². The lowest BCUT2D eigenvalue weighted by molar-refractivity contribution is -0.114. The fourth-order valence-electron chi connectivity index (χ4n) is 1.80. The van der Waals surface area contributed by atoms with E-state index >= 15 is 0 Å². The van der Waals surface area contributed by atoms with Crippen LogP contribution in [0.2, 0.25) is 0 Å². The molecule has 0 atom stereocenters. The SMILES string of the molecule is CC(=O)Nc1cccc(C(=O)NCCCCN(C)C)c1. The highest BCUT2D eigenvalue weighted by atomic mass is 16.2. The van der Waals surface area contributed by atoms with Gasteiger partial charge in [0.2, 0.25) is 5.91 Å². The molecule has 2 N–H and O–H groups in total. The highest BCUT2D eigenvalue weighted by Gasteiger charge is 2.06. The summed E-state index contributed by atoms with van der Waals surface area (Å²) in [7, 11) is 4.07. The Morgan fingerprint density at radius 1 is 1.20 bits per heavy atom. The zero-order valence-electron chi connectivity index (χ0n) is 12.4. The number of nitrogens with one attached hydrogen (secondary N) is 2. The van der Waals surface area contributed by atoms with Gasteiger partial charge in [0.25, 0.3) is 5.91 Å². The summed E-state index contributed by atoms with van der Waals surface area (Å²) in [6, 6.07) is 6.93. The lowest BCUT2D eigenvalue weighted by Gasteiger charge is -2.10. The van der Waals surface area contributed by atoms with Crippen LogP contribution in [0.3, 0.4) is 0 Å². The van der Waals surface area contributed by atoms with Crippen molar-refractivity contribution in [1.82, 2.24) is 10.2 Å². The number of carbonyl (C=O) groups is 2. The van der Waals surface area contributed by atoms with Crippen molar-refractivity contribution in [2.24, 2.45) is 0 Å². The summed E-state index contributed by atoms with van der Waals surface area (Å²) in [6.45, 7) is 3.13. The summed E-state index contributed by atoms with van der Waals surface area (Å²) < 4.78 is 0. The van der Waals surface area contributed by atoms with Crippen LogP contribution in [-0.4, -0.2) is 43.9 Å². The molecule has 0 aliphatic carbocycles. The van der Waals surface area contributed by atoms with Gasteiger partial charge in [0.05, 0.1) is 0 Å². The maximum atomic E-state index is 11.9. The third-order valence-electron chi connectivity index (χ3n) is 2.76. The van der Waals surface area contributed by atoms with Crippen molar-refractivity contribution in [3.63, 3.8) is 0 Å². The molecule has 0 unspecified atom stereocenters. The Balaban J connectivity index is 2.41. The average Bonchev–Trinajstić information content (AvgIpc) is 2.37. The molecule has 5 nitrogen and oxygen atoms in total. The van der Waals surface area contributed by atoms with Crippen LogP contribution in [0, 0.1) is 0 Å². The molecule has 1 aromatic carbocycles. The smallest absolute Gasteiger partial charge is 0.251 e. The lowest BCUT2D eigenvalue weighted by atomic mass is 10.2. The number of unbranched alkanes of at least 4 members (excludes halogenated alkanes) is 1. The van der Waals surface area contributed by atoms with Crippen molar-refractivity contribution >= 4 is 17.5 Å². The highest BCUT2D eigenvalue weighted by Crippen LogP contribution is 2.10. The fourth-order valence-corrected chi connectivity index (χ4v) is 1.80. The van der Waals surface area contributed by atoms with E-state index < -0.39 is 0 Å². The molecule has 0 spiro atoms. The number of carbonyl (C=O) groups excluding carboxylic acids is 2. The molecule has 1 rings (SSSR count). The predicted molar refractivity (Wildman–Crippen MR) is 80.9 cm³/mol. The molecule has 0 bridgehead atoms. The van der Waals surface area contributed by atoms with Gasteiger partial charge in [0.1, 0.15) is 0 Å². The van der Waals surface area contributed by atoms with Crippen LogP contribution >= 0.6 is 0 Å². The van der Waals surface area contributed by atoms with Gasteiger partial charge in [-0.3, -0.25) is 9.59 Å². The van der Waals surface area contributed by atoms with E-state index in [9.17, 15) is 9.59 Å². The van der Waals surface area contributed by atoms with Gasteiger partial charge in [-0.05, 0) is 51.7 Å². The molecule has 0 saturated heterocycles. The number of amides is 2. The number of rotatable bonds is 7. The van der Waals surface area contributed by atoms with Crippen LogP contribution in [0.25, 0.3) is 0 Å². The normalized spacial score (nSPS) is 10.4. The monoisotopic (exact) mass is 277 g/mol. The summed E-state index contributed by atoms with van der Waals surface area (Å²) in [5, 5.41) is 5.55. The van der Waals surface area contributed by atoms with Gasteiger partial charge >= 0.3 is 0 Å². The van der Waals surface area contributed by atoms with E-state index in [1.54, 1.807) is 24.3 Å². The zero-order valence-corrected chi connectivity index (χ0v) is 12.4. The van der Waals surface area contributed by atoms with Crippen molar-refractivity contribution in [3.8, 4) is 0 Å². The molecule has 5 heteroatoms. The number of hydrogen-bond acceptors (Lipinski definition) is 3. The summed E-state index contributed by atoms with van der Waals surface area (Å²) >= 11 is 0. The molecule has 110 valence electrons. The minimum Gasteiger partial charge on any atom is -0.352 e. The van der Waals surface area contributed by atoms with Gasteiger partial charge in [-0.25, -0.2) is 0 Å². The highest BCUT2D eigenvalue weighted by molar-refractivity contribution is 5.96. The maximum absolute atomic E-state index is 11.9. The largest absolute Gasteiger partial charge is 0.352 e. The quantitative estimate of drug-likeness (QED) is 0.746. The van der Waals surface area contributed by atoms with Crippen molar-refractivity contribution in [2.45, 2.75) is 19.8 Å². The van der Waals surface area contributed by atoms with Crippen LogP contribution in [0.15, 0.2) is 24.3 Å². The van der Waals surface area contributed by atoms with E-state index in [0.29, 0.717) is 17.8 Å². The molecule has 0 fully saturated rings. The van der Waals surface area contributed by atoms with Crippen LogP contribution in [0.5, 0.6) is 0 Å². The third-order valence-corrected chi connectivity index (χ3v) is 2.76. The minimum atomic E-state index is -0.147. The predicted octanol–water partition coefficient (Wildman–Crippen LogP) is 1.72. The lowest BCUT2D eigenvalue weighted by Crippen LogP contribution is -2.25. The standard InChI is InChI=1S/C15H23N3O2/c1-12(19)17-14-8-6-7-13(11-14)15(20)16-9-4-5-10-18(2)3/h6-8,11H,4-5,9-10H2,1-3H3,(H,16,20)(H,17,19). The first-order valence-corrected chi connectivity index (χ1v) is 6.79. The first kappa shape index (κ1) is 16.2. The Kier molecular flexibility index (Phi) is 6.73. The Bertz CT molecular complexity index is 458. The molecule has 0 aromatic heterocycles. The van der Waals surface area contributed by atoms with Gasteiger partial charge in [0.15, 0.2) is 0 Å². The molecule has 0 aliphatic rings. The summed E-state index contributed by atoms with van der Waals surface area (Å²) in [5.74, 6) is -0.256. The minimum absolute atomic E-state index is 0.109.